The molecule has 2 aromatic heterocycles. The number of anilines is 2. The summed E-state index contributed by atoms with van der Waals surface area (Å²) in [4.78, 5) is 31.5. The summed E-state index contributed by atoms with van der Waals surface area (Å²) in [6.45, 7) is 12.8. The van der Waals surface area contributed by atoms with Crippen LogP contribution in [-0.2, 0) is 16.1 Å². The molecule has 0 aliphatic carbocycles. The number of piperidine rings is 1. The molecular formula is C29H41ClN6O5S. The van der Waals surface area contributed by atoms with Crippen LogP contribution in [0.1, 0.15) is 53.2 Å². The zero-order valence-corrected chi connectivity index (χ0v) is 26.5. The van der Waals surface area contributed by atoms with Gasteiger partial charge in [0, 0.05) is 48.1 Å². The molecule has 2 atom stereocenters. The standard InChI is InChI=1S/C29H41ClN6O5S/c1-18-23(34-26(39)41-27(2,3)4)29(17-40-18)7-10-35(11-8-29)24-19(13-37)33-21(12-32-24)42-20-6-9-31-25(22(20)30)36-14-28(5,15-36)16-38/h6,9,12,18,23,37-38H,7-8,10-11,13-17H2,1-5H3,(H,34,39)/t18-,23+/m0/s1. The van der Waals surface area contributed by atoms with Gasteiger partial charge in [-0.1, -0.05) is 30.3 Å². The maximum absolute atomic E-state index is 12.6. The van der Waals surface area contributed by atoms with E-state index in [4.69, 9.17) is 31.0 Å². The molecule has 3 fully saturated rings. The largest absolute Gasteiger partial charge is 0.444 e. The molecule has 0 unspecified atom stereocenters. The van der Waals surface area contributed by atoms with Gasteiger partial charge in [0.05, 0.1) is 43.2 Å². The van der Waals surface area contributed by atoms with Crippen molar-refractivity contribution in [1.82, 2.24) is 20.3 Å². The molecule has 1 amide bonds. The summed E-state index contributed by atoms with van der Waals surface area (Å²) in [5.74, 6) is 1.34. The van der Waals surface area contributed by atoms with Gasteiger partial charge < -0.3 is 34.8 Å². The van der Waals surface area contributed by atoms with E-state index in [1.54, 1.807) is 12.4 Å². The minimum absolute atomic E-state index is 0.117. The van der Waals surface area contributed by atoms with Crippen LogP contribution < -0.4 is 15.1 Å². The smallest absolute Gasteiger partial charge is 0.407 e. The number of amides is 1. The fourth-order valence-electron chi connectivity index (χ4n) is 6.08. The van der Waals surface area contributed by atoms with Crippen LogP contribution in [0.5, 0.6) is 0 Å². The lowest BCUT2D eigenvalue weighted by molar-refractivity contribution is 0.0434. The number of carbonyl (C=O) groups is 1. The molecule has 2 aromatic rings. The van der Waals surface area contributed by atoms with E-state index in [9.17, 15) is 15.0 Å². The Bertz CT molecular complexity index is 1300. The van der Waals surface area contributed by atoms with Crippen molar-refractivity contribution in [3.63, 3.8) is 0 Å². The molecule has 3 saturated heterocycles. The number of aliphatic hydroxyl groups excluding tert-OH is 2. The summed E-state index contributed by atoms with van der Waals surface area (Å²) in [5.41, 5.74) is -0.411. The minimum Gasteiger partial charge on any atom is -0.444 e. The van der Waals surface area contributed by atoms with E-state index in [-0.39, 0.29) is 36.2 Å². The lowest BCUT2D eigenvalue weighted by atomic mass is 9.73. The predicted molar refractivity (Wildman–Crippen MR) is 161 cm³/mol. The molecule has 230 valence electrons. The third-order valence-electron chi connectivity index (χ3n) is 8.32. The van der Waals surface area contributed by atoms with Crippen molar-refractivity contribution < 1.29 is 24.5 Å². The minimum atomic E-state index is -0.574. The van der Waals surface area contributed by atoms with Gasteiger partial charge in [0.15, 0.2) is 5.82 Å². The number of nitrogens with one attached hydrogen (secondary N) is 1. The number of carbonyl (C=O) groups excluding carboxylic acids is 1. The Morgan fingerprint density at radius 3 is 2.57 bits per heavy atom. The third kappa shape index (κ3) is 6.42. The lowest BCUT2D eigenvalue weighted by Crippen LogP contribution is -2.57. The van der Waals surface area contributed by atoms with Crippen LogP contribution in [0.2, 0.25) is 5.02 Å². The molecule has 5 rings (SSSR count). The Hall–Kier alpha value is -2.38. The number of hydrogen-bond acceptors (Lipinski definition) is 11. The second-order valence-electron chi connectivity index (χ2n) is 13.0. The number of hydrogen-bond donors (Lipinski definition) is 3. The van der Waals surface area contributed by atoms with Crippen LogP contribution in [0.25, 0.3) is 0 Å². The van der Waals surface area contributed by atoms with Crippen molar-refractivity contribution in [1.29, 1.82) is 0 Å². The second kappa shape index (κ2) is 12.0. The normalized spacial score (nSPS) is 23.1. The lowest BCUT2D eigenvalue weighted by Gasteiger charge is -2.48. The van der Waals surface area contributed by atoms with Crippen LogP contribution in [0.15, 0.2) is 28.4 Å². The number of aliphatic hydroxyl groups is 2. The molecule has 0 saturated carbocycles. The molecule has 3 N–H and O–H groups in total. The zero-order valence-electron chi connectivity index (χ0n) is 24.9. The predicted octanol–water partition coefficient (Wildman–Crippen LogP) is 3.89. The summed E-state index contributed by atoms with van der Waals surface area (Å²) in [6, 6.07) is 1.69. The highest BCUT2D eigenvalue weighted by Gasteiger charge is 2.50. The van der Waals surface area contributed by atoms with Crippen molar-refractivity contribution in [2.75, 3.05) is 49.2 Å². The third-order valence-corrected chi connectivity index (χ3v) is 9.77. The number of halogens is 1. The highest BCUT2D eigenvalue weighted by molar-refractivity contribution is 7.99. The molecule has 1 spiro atoms. The monoisotopic (exact) mass is 620 g/mol. The Morgan fingerprint density at radius 2 is 1.93 bits per heavy atom. The van der Waals surface area contributed by atoms with E-state index in [1.807, 2.05) is 40.7 Å². The number of nitrogens with zero attached hydrogens (tertiary/aromatic N) is 5. The molecule has 11 nitrogen and oxygen atoms in total. The van der Waals surface area contributed by atoms with E-state index >= 15 is 0 Å². The average molecular weight is 621 g/mol. The average Bonchev–Trinajstić information content (AvgIpc) is 3.21. The topological polar surface area (TPSA) is 133 Å². The van der Waals surface area contributed by atoms with E-state index in [0.717, 1.165) is 17.7 Å². The fraction of sp³-hybridized carbons (Fsp3) is 0.655. The number of alkyl carbamates (subject to hydrolysis) is 1. The number of rotatable bonds is 7. The molecule has 5 heterocycles. The first-order valence-corrected chi connectivity index (χ1v) is 15.6. The Morgan fingerprint density at radius 1 is 1.21 bits per heavy atom. The van der Waals surface area contributed by atoms with Crippen molar-refractivity contribution in [3.8, 4) is 0 Å². The summed E-state index contributed by atoms with van der Waals surface area (Å²) >= 11 is 8.11. The zero-order chi connectivity index (χ0) is 30.3. The number of ether oxygens (including phenoxy) is 2. The van der Waals surface area contributed by atoms with Gasteiger partial charge in [-0.2, -0.15) is 0 Å². The van der Waals surface area contributed by atoms with E-state index in [1.165, 1.54) is 11.8 Å². The van der Waals surface area contributed by atoms with Gasteiger partial charge in [-0.25, -0.2) is 19.7 Å². The van der Waals surface area contributed by atoms with E-state index in [2.05, 4.69) is 20.1 Å². The first-order valence-electron chi connectivity index (χ1n) is 14.4. The number of pyridine rings is 1. The van der Waals surface area contributed by atoms with Crippen molar-refractivity contribution >= 4 is 41.1 Å². The van der Waals surface area contributed by atoms with Gasteiger partial charge in [-0.3, -0.25) is 0 Å². The first kappa shape index (κ1) is 31.1. The van der Waals surface area contributed by atoms with Gasteiger partial charge in [0.1, 0.15) is 22.1 Å². The summed E-state index contributed by atoms with van der Waals surface area (Å²) in [7, 11) is 0. The molecular weight excluding hydrogens is 580 g/mol. The summed E-state index contributed by atoms with van der Waals surface area (Å²) in [5, 5.41) is 24.0. The maximum atomic E-state index is 12.6. The van der Waals surface area contributed by atoms with E-state index in [0.29, 0.717) is 60.2 Å². The Labute approximate surface area is 256 Å². The highest BCUT2D eigenvalue weighted by atomic mass is 35.5. The van der Waals surface area contributed by atoms with Gasteiger partial charge in [-0.05, 0) is 46.6 Å². The van der Waals surface area contributed by atoms with Crippen LogP contribution >= 0.6 is 23.4 Å². The molecule has 42 heavy (non-hydrogen) atoms. The molecule has 0 aromatic carbocycles. The molecule has 3 aliphatic rings. The Kier molecular flexibility index (Phi) is 8.84. The maximum Gasteiger partial charge on any atom is 0.407 e. The van der Waals surface area contributed by atoms with Crippen LogP contribution in [-0.4, -0.2) is 88.4 Å². The van der Waals surface area contributed by atoms with Crippen molar-refractivity contribution in [2.24, 2.45) is 10.8 Å². The second-order valence-corrected chi connectivity index (χ2v) is 14.4. The quantitative estimate of drug-likeness (QED) is 0.416. The van der Waals surface area contributed by atoms with Crippen molar-refractivity contribution in [2.45, 2.75) is 81.7 Å². The molecule has 3 aliphatic heterocycles. The van der Waals surface area contributed by atoms with Crippen LogP contribution in [0.4, 0.5) is 16.4 Å². The summed E-state index contributed by atoms with van der Waals surface area (Å²) in [6.07, 6.45) is 4.47. The van der Waals surface area contributed by atoms with E-state index < -0.39 is 11.7 Å². The van der Waals surface area contributed by atoms with Crippen molar-refractivity contribution in [3.05, 3.63) is 29.2 Å². The van der Waals surface area contributed by atoms with Gasteiger partial charge >= 0.3 is 6.09 Å². The number of aromatic nitrogens is 3. The van der Waals surface area contributed by atoms with Gasteiger partial charge in [0.25, 0.3) is 0 Å². The van der Waals surface area contributed by atoms with Crippen LogP contribution in [0, 0.1) is 10.8 Å². The first-order chi connectivity index (χ1) is 19.9. The molecule has 0 radical (unpaired) electrons. The van der Waals surface area contributed by atoms with Crippen LogP contribution in [0.3, 0.4) is 0 Å². The van der Waals surface area contributed by atoms with Gasteiger partial charge in [-0.15, -0.1) is 0 Å². The SMILES string of the molecule is C[C@@H]1OCC2(CCN(c3ncc(Sc4ccnc(N5CC(C)(CO)C5)c4Cl)nc3CO)CC2)[C@@H]1NC(=O)OC(C)(C)C. The molecule has 0 bridgehead atoms. The van der Waals surface area contributed by atoms with Gasteiger partial charge in [0.2, 0.25) is 0 Å². The summed E-state index contributed by atoms with van der Waals surface area (Å²) < 4.78 is 11.5. The highest BCUT2D eigenvalue weighted by Crippen LogP contribution is 2.44. The molecule has 13 heteroatoms. The fourth-order valence-corrected chi connectivity index (χ4v) is 7.22. The Balaban J connectivity index is 1.25.